The van der Waals surface area contributed by atoms with E-state index in [2.05, 4.69) is 10.2 Å². The van der Waals surface area contributed by atoms with Crippen molar-refractivity contribution in [3.63, 3.8) is 0 Å². The molecule has 2 aromatic rings. The SMILES string of the molecule is Cc1ccccc1[C@]1(O)CCN(C(=O)CSc2nnc(N)s2)C1. The van der Waals surface area contributed by atoms with Gasteiger partial charge in [0.1, 0.15) is 5.60 Å². The Morgan fingerprint density at radius 3 is 2.96 bits per heavy atom. The minimum Gasteiger partial charge on any atom is -0.383 e. The molecule has 1 aromatic heterocycles. The summed E-state index contributed by atoms with van der Waals surface area (Å²) in [7, 11) is 0. The number of carbonyl (C=O) groups is 1. The van der Waals surface area contributed by atoms with Gasteiger partial charge < -0.3 is 15.7 Å². The monoisotopic (exact) mass is 350 g/mol. The third kappa shape index (κ3) is 3.49. The zero-order valence-corrected chi connectivity index (χ0v) is 14.4. The Labute approximate surface area is 142 Å². The highest BCUT2D eigenvalue weighted by Gasteiger charge is 2.40. The van der Waals surface area contributed by atoms with Gasteiger partial charge in [0.05, 0.1) is 12.3 Å². The Hall–Kier alpha value is -1.64. The number of β-amino-alcohol motifs (C(OH)–C–C–N with tert-alkyl or cyclic N) is 1. The lowest BCUT2D eigenvalue weighted by atomic mass is 9.89. The zero-order valence-electron chi connectivity index (χ0n) is 12.7. The van der Waals surface area contributed by atoms with Gasteiger partial charge in [0.25, 0.3) is 0 Å². The average Bonchev–Trinajstić information content (AvgIpc) is 3.12. The number of aryl methyl sites for hydroxylation is 1. The molecular weight excluding hydrogens is 332 g/mol. The Balaban J connectivity index is 1.62. The van der Waals surface area contributed by atoms with E-state index in [0.29, 0.717) is 29.0 Å². The van der Waals surface area contributed by atoms with Crippen molar-refractivity contribution in [1.82, 2.24) is 15.1 Å². The van der Waals surface area contributed by atoms with Gasteiger partial charge in [-0.2, -0.15) is 0 Å². The van der Waals surface area contributed by atoms with Crippen LogP contribution in [-0.4, -0.2) is 45.0 Å². The highest BCUT2D eigenvalue weighted by atomic mass is 32.2. The van der Waals surface area contributed by atoms with Crippen LogP contribution in [0.25, 0.3) is 0 Å². The lowest BCUT2D eigenvalue weighted by Gasteiger charge is -2.25. The lowest BCUT2D eigenvalue weighted by Crippen LogP contribution is -2.35. The van der Waals surface area contributed by atoms with E-state index in [1.54, 1.807) is 4.90 Å². The first-order valence-corrected chi connectivity index (χ1v) is 9.06. The molecule has 1 amide bonds. The average molecular weight is 350 g/mol. The number of rotatable bonds is 4. The zero-order chi connectivity index (χ0) is 16.4. The maximum Gasteiger partial charge on any atom is 0.233 e. The van der Waals surface area contributed by atoms with Crippen LogP contribution >= 0.6 is 23.1 Å². The van der Waals surface area contributed by atoms with Crippen LogP contribution in [0, 0.1) is 6.92 Å². The van der Waals surface area contributed by atoms with E-state index < -0.39 is 5.60 Å². The van der Waals surface area contributed by atoms with Crippen LogP contribution in [0.4, 0.5) is 5.13 Å². The Bertz CT molecular complexity index is 721. The van der Waals surface area contributed by atoms with Gasteiger partial charge in [-0.3, -0.25) is 4.79 Å². The van der Waals surface area contributed by atoms with E-state index in [1.807, 2.05) is 31.2 Å². The standard InChI is InChI=1S/C15H18N4O2S2/c1-10-4-2-3-5-11(10)15(21)6-7-19(9-15)12(20)8-22-14-18-17-13(16)23-14/h2-5,21H,6-9H2,1H3,(H2,16,17)/t15-/m0/s1. The molecule has 6 nitrogen and oxygen atoms in total. The summed E-state index contributed by atoms with van der Waals surface area (Å²) in [5, 5.41) is 18.9. The molecule has 1 aliphatic rings. The minimum absolute atomic E-state index is 0.00622. The molecular formula is C15H18N4O2S2. The first kappa shape index (κ1) is 16.2. The molecule has 23 heavy (non-hydrogen) atoms. The molecule has 0 bridgehead atoms. The summed E-state index contributed by atoms with van der Waals surface area (Å²) in [4.78, 5) is 14.1. The lowest BCUT2D eigenvalue weighted by molar-refractivity contribution is -0.128. The maximum absolute atomic E-state index is 12.3. The molecule has 8 heteroatoms. The van der Waals surface area contributed by atoms with Gasteiger partial charge in [0.15, 0.2) is 4.34 Å². The van der Waals surface area contributed by atoms with Crippen molar-refractivity contribution >= 4 is 34.1 Å². The molecule has 0 radical (unpaired) electrons. The number of nitrogens with zero attached hydrogens (tertiary/aromatic N) is 3. The van der Waals surface area contributed by atoms with Crippen LogP contribution in [0.3, 0.4) is 0 Å². The summed E-state index contributed by atoms with van der Waals surface area (Å²) in [5.41, 5.74) is 6.51. The van der Waals surface area contributed by atoms with Crippen LogP contribution in [0.15, 0.2) is 28.6 Å². The fourth-order valence-corrected chi connectivity index (χ4v) is 4.35. The number of hydrogen-bond acceptors (Lipinski definition) is 7. The first-order chi connectivity index (χ1) is 11.0. The number of nitrogens with two attached hydrogens (primary N) is 1. The van der Waals surface area contributed by atoms with Crippen LogP contribution in [-0.2, 0) is 10.4 Å². The van der Waals surface area contributed by atoms with Gasteiger partial charge in [-0.25, -0.2) is 0 Å². The van der Waals surface area contributed by atoms with Gasteiger partial charge in [0, 0.05) is 6.54 Å². The van der Waals surface area contributed by atoms with Crippen molar-refractivity contribution in [1.29, 1.82) is 0 Å². The summed E-state index contributed by atoms with van der Waals surface area (Å²) in [6, 6.07) is 7.78. The number of aromatic nitrogens is 2. The molecule has 0 unspecified atom stereocenters. The number of likely N-dealkylation sites (tertiary alicyclic amines) is 1. The van der Waals surface area contributed by atoms with Crippen LogP contribution in [0.5, 0.6) is 0 Å². The molecule has 1 atom stereocenters. The molecule has 2 heterocycles. The van der Waals surface area contributed by atoms with Crippen molar-refractivity contribution in [2.75, 3.05) is 24.6 Å². The van der Waals surface area contributed by atoms with Crippen LogP contribution in [0.1, 0.15) is 17.5 Å². The number of carbonyl (C=O) groups excluding carboxylic acids is 1. The molecule has 1 aliphatic heterocycles. The number of benzene rings is 1. The number of thioether (sulfide) groups is 1. The first-order valence-electron chi connectivity index (χ1n) is 7.26. The molecule has 3 rings (SSSR count). The van der Waals surface area contributed by atoms with Gasteiger partial charge in [0.2, 0.25) is 11.0 Å². The van der Waals surface area contributed by atoms with Crippen molar-refractivity contribution in [2.45, 2.75) is 23.3 Å². The van der Waals surface area contributed by atoms with Crippen molar-refractivity contribution in [3.05, 3.63) is 35.4 Å². The topological polar surface area (TPSA) is 92.3 Å². The van der Waals surface area contributed by atoms with Crippen LogP contribution in [0.2, 0.25) is 0 Å². The van der Waals surface area contributed by atoms with Crippen molar-refractivity contribution < 1.29 is 9.90 Å². The molecule has 1 saturated heterocycles. The summed E-state index contributed by atoms with van der Waals surface area (Å²) in [5.74, 6) is 0.270. The largest absolute Gasteiger partial charge is 0.383 e. The number of nitrogen functional groups attached to an aromatic ring is 1. The molecule has 0 aliphatic carbocycles. The van der Waals surface area contributed by atoms with E-state index in [1.165, 1.54) is 23.1 Å². The summed E-state index contributed by atoms with van der Waals surface area (Å²) < 4.78 is 0.684. The van der Waals surface area contributed by atoms with E-state index in [4.69, 9.17) is 5.73 Å². The van der Waals surface area contributed by atoms with E-state index in [-0.39, 0.29) is 11.7 Å². The highest BCUT2D eigenvalue weighted by molar-refractivity contribution is 8.01. The fourth-order valence-electron chi connectivity index (χ4n) is 2.82. The third-order valence-electron chi connectivity index (χ3n) is 3.99. The van der Waals surface area contributed by atoms with Gasteiger partial charge in [-0.15, -0.1) is 10.2 Å². The molecule has 0 saturated carbocycles. The summed E-state index contributed by atoms with van der Waals surface area (Å²) in [6.07, 6.45) is 0.556. The predicted molar refractivity (Wildman–Crippen MR) is 91.3 cm³/mol. The number of aliphatic hydroxyl groups is 1. The van der Waals surface area contributed by atoms with E-state index >= 15 is 0 Å². The second-order valence-corrected chi connectivity index (χ2v) is 7.84. The minimum atomic E-state index is -0.959. The van der Waals surface area contributed by atoms with Gasteiger partial charge >= 0.3 is 0 Å². The molecule has 1 fully saturated rings. The Morgan fingerprint density at radius 2 is 2.26 bits per heavy atom. The number of anilines is 1. The van der Waals surface area contributed by atoms with E-state index in [9.17, 15) is 9.90 Å². The number of hydrogen-bond donors (Lipinski definition) is 2. The normalized spacial score (nSPS) is 20.9. The second-order valence-electron chi connectivity index (χ2n) is 5.61. The molecule has 0 spiro atoms. The summed E-state index contributed by atoms with van der Waals surface area (Å²) in [6.45, 7) is 2.87. The quantitative estimate of drug-likeness (QED) is 0.815. The Kier molecular flexibility index (Phi) is 4.56. The van der Waals surface area contributed by atoms with E-state index in [0.717, 1.165) is 11.1 Å². The van der Waals surface area contributed by atoms with Gasteiger partial charge in [-0.05, 0) is 24.5 Å². The highest BCUT2D eigenvalue weighted by Crippen LogP contribution is 2.34. The second kappa shape index (κ2) is 6.46. The van der Waals surface area contributed by atoms with Crippen molar-refractivity contribution in [3.8, 4) is 0 Å². The van der Waals surface area contributed by atoms with Crippen LogP contribution < -0.4 is 5.73 Å². The molecule has 3 N–H and O–H groups in total. The van der Waals surface area contributed by atoms with Gasteiger partial charge in [-0.1, -0.05) is 47.4 Å². The third-order valence-corrected chi connectivity index (χ3v) is 5.86. The predicted octanol–water partition coefficient (Wildman–Crippen LogP) is 1.64. The van der Waals surface area contributed by atoms with Crippen molar-refractivity contribution in [2.24, 2.45) is 0 Å². The summed E-state index contributed by atoms with van der Waals surface area (Å²) >= 11 is 2.60. The Morgan fingerprint density at radius 1 is 1.48 bits per heavy atom. The molecule has 122 valence electrons. The maximum atomic E-state index is 12.3. The smallest absolute Gasteiger partial charge is 0.233 e. The number of amides is 1. The molecule has 1 aromatic carbocycles. The fraction of sp³-hybridized carbons (Fsp3) is 0.400.